The van der Waals surface area contributed by atoms with Crippen LogP contribution in [0, 0.1) is 6.92 Å². The van der Waals surface area contributed by atoms with Crippen LogP contribution in [0.1, 0.15) is 24.1 Å². The van der Waals surface area contributed by atoms with Crippen LogP contribution >= 0.6 is 0 Å². The fraction of sp³-hybridized carbons (Fsp3) is 0.148. The predicted octanol–water partition coefficient (Wildman–Crippen LogP) is 5.42. The van der Waals surface area contributed by atoms with Gasteiger partial charge in [0.25, 0.3) is 0 Å². The highest BCUT2D eigenvalue weighted by molar-refractivity contribution is 5.90. The molecule has 0 spiro atoms. The lowest BCUT2D eigenvalue weighted by molar-refractivity contribution is 0.345. The maximum atomic E-state index is 6.57. The number of nitrogens with two attached hydrogens (primary N) is 1. The lowest BCUT2D eigenvalue weighted by atomic mass is 9.70. The molecule has 5 nitrogen and oxygen atoms in total. The highest BCUT2D eigenvalue weighted by Crippen LogP contribution is 2.43. The van der Waals surface area contributed by atoms with Crippen molar-refractivity contribution in [3.63, 3.8) is 0 Å². The first-order valence-corrected chi connectivity index (χ1v) is 10.8. The number of hydrogen-bond donors (Lipinski definition) is 1. The summed E-state index contributed by atoms with van der Waals surface area (Å²) in [6.07, 6.45) is 3.57. The molecule has 0 atom stereocenters. The van der Waals surface area contributed by atoms with Crippen molar-refractivity contribution in [3.8, 4) is 22.4 Å². The highest BCUT2D eigenvalue weighted by atomic mass is 15.3. The summed E-state index contributed by atoms with van der Waals surface area (Å²) in [4.78, 5) is 9.68. The Kier molecular flexibility index (Phi) is 4.04. The lowest BCUT2D eigenvalue weighted by Gasteiger charge is -2.40. The van der Waals surface area contributed by atoms with E-state index in [1.807, 2.05) is 41.9 Å². The second-order valence-electron chi connectivity index (χ2n) is 8.81. The summed E-state index contributed by atoms with van der Waals surface area (Å²) < 4.78 is 1.83. The minimum absolute atomic E-state index is 0.293. The summed E-state index contributed by atoms with van der Waals surface area (Å²) in [5, 5.41) is 5.57. The minimum atomic E-state index is -0.293. The maximum Gasteiger partial charge on any atom is 0.165 e. The van der Waals surface area contributed by atoms with Crippen molar-refractivity contribution in [2.24, 2.45) is 5.73 Å². The Morgan fingerprint density at radius 3 is 2.44 bits per heavy atom. The van der Waals surface area contributed by atoms with Gasteiger partial charge in [0.1, 0.15) is 0 Å². The average Bonchev–Trinajstić information content (AvgIpc) is 3.19. The Morgan fingerprint density at radius 2 is 1.72 bits per heavy atom. The standard InChI is InChI=1S/C27H23N5/c1-17-14-27(28,15-17)22-10-8-20(9-11-22)25-23(19-6-4-3-5-7-19)13-21-16-29-24-12-18(2)31-32(24)26(21)30-25/h3-13,16H,1,14-15,28H2,2H3. The lowest BCUT2D eigenvalue weighted by Crippen LogP contribution is -2.44. The first-order valence-electron chi connectivity index (χ1n) is 10.8. The van der Waals surface area contributed by atoms with Gasteiger partial charge in [-0.05, 0) is 37.0 Å². The molecule has 2 N–H and O–H groups in total. The van der Waals surface area contributed by atoms with Crippen LogP contribution in [0.3, 0.4) is 0 Å². The van der Waals surface area contributed by atoms with Crippen LogP contribution in [0.25, 0.3) is 39.1 Å². The number of aromatic nitrogens is 4. The molecular weight excluding hydrogens is 394 g/mol. The molecule has 0 amide bonds. The number of benzene rings is 2. The molecule has 3 aromatic heterocycles. The highest BCUT2D eigenvalue weighted by Gasteiger charge is 2.37. The number of aryl methyl sites for hydroxylation is 1. The van der Waals surface area contributed by atoms with E-state index in [0.717, 1.165) is 63.2 Å². The van der Waals surface area contributed by atoms with Gasteiger partial charge < -0.3 is 5.73 Å². The van der Waals surface area contributed by atoms with Crippen molar-refractivity contribution in [1.82, 2.24) is 19.6 Å². The van der Waals surface area contributed by atoms with Gasteiger partial charge in [0, 0.05) is 34.3 Å². The van der Waals surface area contributed by atoms with Crippen molar-refractivity contribution in [2.75, 3.05) is 0 Å². The van der Waals surface area contributed by atoms with Crippen LogP contribution < -0.4 is 5.73 Å². The summed E-state index contributed by atoms with van der Waals surface area (Å²) in [5.74, 6) is 0. The van der Waals surface area contributed by atoms with E-state index < -0.39 is 0 Å². The number of fused-ring (bicyclic) bond motifs is 3. The number of nitrogens with zero attached hydrogens (tertiary/aromatic N) is 4. The summed E-state index contributed by atoms with van der Waals surface area (Å²) in [6, 6.07) is 23.0. The van der Waals surface area contributed by atoms with Crippen LogP contribution in [0.4, 0.5) is 0 Å². The SMILES string of the molecule is C=C1CC(N)(c2ccc(-c3nc4c(cnc5cc(C)nn54)cc3-c3ccccc3)cc2)C1. The first kappa shape index (κ1) is 18.9. The molecule has 3 heterocycles. The summed E-state index contributed by atoms with van der Waals surface area (Å²) in [5.41, 5.74) is 15.3. The molecule has 5 aromatic rings. The Bertz CT molecular complexity index is 1490. The van der Waals surface area contributed by atoms with Crippen molar-refractivity contribution in [3.05, 3.63) is 96.3 Å². The molecule has 1 fully saturated rings. The smallest absolute Gasteiger partial charge is 0.165 e. The third-order valence-corrected chi connectivity index (χ3v) is 6.33. The van der Waals surface area contributed by atoms with Gasteiger partial charge in [0.05, 0.1) is 11.4 Å². The average molecular weight is 418 g/mol. The van der Waals surface area contributed by atoms with Crippen LogP contribution in [0.5, 0.6) is 0 Å². The van der Waals surface area contributed by atoms with E-state index in [0.29, 0.717) is 0 Å². The van der Waals surface area contributed by atoms with Crippen LogP contribution in [-0.2, 0) is 5.54 Å². The van der Waals surface area contributed by atoms with E-state index in [9.17, 15) is 0 Å². The number of pyridine rings is 1. The molecule has 0 bridgehead atoms. The van der Waals surface area contributed by atoms with Gasteiger partial charge in [-0.2, -0.15) is 9.61 Å². The fourth-order valence-corrected chi connectivity index (χ4v) is 4.72. The molecule has 0 saturated heterocycles. The van der Waals surface area contributed by atoms with Gasteiger partial charge in [0.2, 0.25) is 0 Å². The predicted molar refractivity (Wildman–Crippen MR) is 128 cm³/mol. The normalized spacial score (nSPS) is 15.2. The monoisotopic (exact) mass is 417 g/mol. The molecule has 32 heavy (non-hydrogen) atoms. The zero-order chi connectivity index (χ0) is 21.9. The van der Waals surface area contributed by atoms with E-state index >= 15 is 0 Å². The molecule has 0 unspecified atom stereocenters. The zero-order valence-corrected chi connectivity index (χ0v) is 17.9. The molecule has 1 aliphatic rings. The summed E-state index contributed by atoms with van der Waals surface area (Å²) in [6.45, 7) is 6.01. The van der Waals surface area contributed by atoms with Gasteiger partial charge in [-0.25, -0.2) is 9.97 Å². The molecule has 5 heteroatoms. The van der Waals surface area contributed by atoms with E-state index in [4.69, 9.17) is 10.7 Å². The number of hydrogen-bond acceptors (Lipinski definition) is 4. The van der Waals surface area contributed by atoms with Crippen molar-refractivity contribution >= 4 is 16.7 Å². The molecule has 156 valence electrons. The van der Waals surface area contributed by atoms with Gasteiger partial charge in [-0.15, -0.1) is 0 Å². The van der Waals surface area contributed by atoms with Gasteiger partial charge >= 0.3 is 0 Å². The van der Waals surface area contributed by atoms with Gasteiger partial charge in [-0.1, -0.05) is 66.7 Å². The van der Waals surface area contributed by atoms with Crippen LogP contribution in [-0.4, -0.2) is 19.6 Å². The second-order valence-corrected chi connectivity index (χ2v) is 8.81. The maximum absolute atomic E-state index is 6.57. The minimum Gasteiger partial charge on any atom is -0.321 e. The van der Waals surface area contributed by atoms with Crippen molar-refractivity contribution in [2.45, 2.75) is 25.3 Å². The molecule has 1 aliphatic carbocycles. The van der Waals surface area contributed by atoms with E-state index in [-0.39, 0.29) is 5.54 Å². The van der Waals surface area contributed by atoms with E-state index in [1.54, 1.807) is 0 Å². The Balaban J connectivity index is 1.56. The Hall–Kier alpha value is -3.83. The van der Waals surface area contributed by atoms with Crippen molar-refractivity contribution < 1.29 is 0 Å². The summed E-state index contributed by atoms with van der Waals surface area (Å²) >= 11 is 0. The zero-order valence-electron chi connectivity index (χ0n) is 17.9. The van der Waals surface area contributed by atoms with Gasteiger partial charge in [-0.3, -0.25) is 0 Å². The largest absolute Gasteiger partial charge is 0.321 e. The third kappa shape index (κ3) is 2.93. The molecule has 0 aliphatic heterocycles. The van der Waals surface area contributed by atoms with Gasteiger partial charge in [0.15, 0.2) is 11.3 Å². The van der Waals surface area contributed by atoms with E-state index in [2.05, 4.69) is 59.1 Å². The van der Waals surface area contributed by atoms with Crippen LogP contribution in [0.15, 0.2) is 85.1 Å². The topological polar surface area (TPSA) is 69.1 Å². The second kappa shape index (κ2) is 6.84. The third-order valence-electron chi connectivity index (χ3n) is 6.33. The quantitative estimate of drug-likeness (QED) is 0.398. The Labute approximate surface area is 186 Å². The van der Waals surface area contributed by atoms with E-state index in [1.165, 1.54) is 5.57 Å². The Morgan fingerprint density at radius 1 is 0.969 bits per heavy atom. The molecular formula is C27H23N5. The number of rotatable bonds is 3. The summed E-state index contributed by atoms with van der Waals surface area (Å²) in [7, 11) is 0. The fourth-order valence-electron chi connectivity index (χ4n) is 4.72. The molecule has 1 saturated carbocycles. The first-order chi connectivity index (χ1) is 15.5. The van der Waals surface area contributed by atoms with Crippen LogP contribution in [0.2, 0.25) is 0 Å². The molecule has 6 rings (SSSR count). The van der Waals surface area contributed by atoms with Crippen molar-refractivity contribution in [1.29, 1.82) is 0 Å². The molecule has 2 aromatic carbocycles. The molecule has 0 radical (unpaired) electrons.